The molecule has 2 aromatic carbocycles. The highest BCUT2D eigenvalue weighted by Crippen LogP contribution is 2.24. The van der Waals surface area contributed by atoms with Crippen LogP contribution in [0.3, 0.4) is 0 Å². The molecule has 1 atom stereocenters. The Labute approximate surface area is 187 Å². The van der Waals surface area contributed by atoms with E-state index in [1.807, 2.05) is 42.2 Å². The monoisotopic (exact) mass is 434 g/mol. The maximum Gasteiger partial charge on any atom is 0.272 e. The number of carbonyl (C=O) groups is 2. The number of nitrogens with zero attached hydrogens (tertiary/aromatic N) is 3. The highest BCUT2D eigenvalue weighted by atomic mass is 19.1. The minimum absolute atomic E-state index is 0.0260. The summed E-state index contributed by atoms with van der Waals surface area (Å²) in [6.45, 7) is 3.25. The standard InChI is InChI=1S/C25H27FN4O2/c1-2-20(18-8-4-3-5-9-18)25(32)29-15-12-19(13-16-29)27-24(31)22-14-17-30(28-22)23-11-7-6-10-21(23)26/h3-11,14,17,19-20H,2,12-13,15-16H2,1H3,(H,27,31). The van der Waals surface area contributed by atoms with Gasteiger partial charge >= 0.3 is 0 Å². The molecule has 4 rings (SSSR count). The fraction of sp³-hybridized carbons (Fsp3) is 0.320. The number of nitrogens with one attached hydrogen (secondary N) is 1. The summed E-state index contributed by atoms with van der Waals surface area (Å²) in [4.78, 5) is 27.6. The smallest absolute Gasteiger partial charge is 0.272 e. The van der Waals surface area contributed by atoms with Crippen LogP contribution in [0.25, 0.3) is 5.69 Å². The molecule has 2 amide bonds. The number of halogens is 1. The Hall–Kier alpha value is -3.48. The summed E-state index contributed by atoms with van der Waals surface area (Å²) in [5.74, 6) is -0.683. The van der Waals surface area contributed by atoms with E-state index in [0.29, 0.717) is 31.6 Å². The Morgan fingerprint density at radius 2 is 1.75 bits per heavy atom. The SMILES string of the molecule is CCC(C(=O)N1CCC(NC(=O)c2ccn(-c3ccccc3F)n2)CC1)c1ccccc1. The number of likely N-dealkylation sites (tertiary alicyclic amines) is 1. The number of hydrogen-bond acceptors (Lipinski definition) is 3. The summed E-state index contributed by atoms with van der Waals surface area (Å²) in [6.07, 6.45) is 3.71. The van der Waals surface area contributed by atoms with Crippen molar-refractivity contribution in [2.75, 3.05) is 13.1 Å². The molecule has 1 aliphatic rings. The van der Waals surface area contributed by atoms with Crippen molar-refractivity contribution in [1.82, 2.24) is 20.0 Å². The number of carbonyl (C=O) groups excluding carboxylic acids is 2. The molecule has 0 spiro atoms. The first-order valence-corrected chi connectivity index (χ1v) is 11.0. The van der Waals surface area contributed by atoms with Gasteiger partial charge in [0.25, 0.3) is 5.91 Å². The van der Waals surface area contributed by atoms with Crippen LogP contribution >= 0.6 is 0 Å². The van der Waals surface area contributed by atoms with Crippen molar-refractivity contribution in [2.45, 2.75) is 38.1 Å². The minimum Gasteiger partial charge on any atom is -0.348 e. The first-order chi connectivity index (χ1) is 15.6. The molecule has 0 radical (unpaired) electrons. The molecular weight excluding hydrogens is 407 g/mol. The minimum atomic E-state index is -0.402. The number of para-hydroxylation sites is 1. The lowest BCUT2D eigenvalue weighted by atomic mass is 9.93. The van der Waals surface area contributed by atoms with Gasteiger partial charge in [-0.2, -0.15) is 5.10 Å². The van der Waals surface area contributed by atoms with E-state index in [1.54, 1.807) is 30.5 Å². The van der Waals surface area contributed by atoms with Gasteiger partial charge in [0.05, 0.1) is 5.92 Å². The summed E-state index contributed by atoms with van der Waals surface area (Å²) in [5, 5.41) is 7.22. The predicted octanol–water partition coefficient (Wildman–Crippen LogP) is 3.93. The maximum atomic E-state index is 14.0. The number of piperidine rings is 1. The Morgan fingerprint density at radius 3 is 2.44 bits per heavy atom. The van der Waals surface area contributed by atoms with E-state index in [4.69, 9.17) is 0 Å². The molecule has 1 N–H and O–H groups in total. The van der Waals surface area contributed by atoms with Crippen LogP contribution in [-0.2, 0) is 4.79 Å². The third-order valence-electron chi connectivity index (χ3n) is 5.97. The number of aromatic nitrogens is 2. The summed E-state index contributed by atoms with van der Waals surface area (Å²) in [7, 11) is 0. The molecule has 1 saturated heterocycles. The lowest BCUT2D eigenvalue weighted by molar-refractivity contribution is -0.134. The normalized spacial score (nSPS) is 15.4. The highest BCUT2D eigenvalue weighted by Gasteiger charge is 2.29. The molecule has 3 aromatic rings. The lowest BCUT2D eigenvalue weighted by Gasteiger charge is -2.34. The topological polar surface area (TPSA) is 67.2 Å². The van der Waals surface area contributed by atoms with Crippen LogP contribution in [0.2, 0.25) is 0 Å². The van der Waals surface area contributed by atoms with Crippen molar-refractivity contribution in [3.8, 4) is 5.69 Å². The fourth-order valence-electron chi connectivity index (χ4n) is 4.18. The molecule has 1 aliphatic heterocycles. The largest absolute Gasteiger partial charge is 0.348 e. The summed E-state index contributed by atoms with van der Waals surface area (Å²) in [6, 6.07) is 17.7. The zero-order valence-corrected chi connectivity index (χ0v) is 18.1. The van der Waals surface area contributed by atoms with Gasteiger partial charge in [-0.05, 0) is 43.0 Å². The molecular formula is C25H27FN4O2. The molecule has 166 valence electrons. The van der Waals surface area contributed by atoms with Crippen molar-refractivity contribution in [1.29, 1.82) is 0 Å². The van der Waals surface area contributed by atoms with E-state index >= 15 is 0 Å². The van der Waals surface area contributed by atoms with Gasteiger partial charge in [-0.3, -0.25) is 9.59 Å². The molecule has 1 unspecified atom stereocenters. The molecule has 0 saturated carbocycles. The van der Waals surface area contributed by atoms with Gasteiger partial charge in [0.1, 0.15) is 11.5 Å². The zero-order valence-electron chi connectivity index (χ0n) is 18.1. The Kier molecular flexibility index (Phi) is 6.63. The van der Waals surface area contributed by atoms with Crippen LogP contribution in [-0.4, -0.2) is 45.6 Å². The van der Waals surface area contributed by atoms with Crippen LogP contribution in [0.1, 0.15) is 48.2 Å². The van der Waals surface area contributed by atoms with E-state index in [0.717, 1.165) is 12.0 Å². The van der Waals surface area contributed by atoms with Gasteiger partial charge < -0.3 is 10.2 Å². The van der Waals surface area contributed by atoms with E-state index in [9.17, 15) is 14.0 Å². The molecule has 0 aliphatic carbocycles. The fourth-order valence-corrected chi connectivity index (χ4v) is 4.18. The van der Waals surface area contributed by atoms with Crippen molar-refractivity contribution < 1.29 is 14.0 Å². The van der Waals surface area contributed by atoms with Crippen LogP contribution in [0.15, 0.2) is 66.9 Å². The van der Waals surface area contributed by atoms with Crippen LogP contribution in [0.5, 0.6) is 0 Å². The van der Waals surface area contributed by atoms with Gasteiger partial charge in [0, 0.05) is 25.3 Å². The summed E-state index contributed by atoms with van der Waals surface area (Å²) >= 11 is 0. The molecule has 7 heteroatoms. The van der Waals surface area contributed by atoms with E-state index in [-0.39, 0.29) is 29.5 Å². The maximum absolute atomic E-state index is 14.0. The van der Waals surface area contributed by atoms with Crippen molar-refractivity contribution in [2.24, 2.45) is 0 Å². The Morgan fingerprint density at radius 1 is 1.06 bits per heavy atom. The average molecular weight is 435 g/mol. The Bertz CT molecular complexity index is 1070. The first-order valence-electron chi connectivity index (χ1n) is 11.0. The van der Waals surface area contributed by atoms with Gasteiger partial charge in [-0.25, -0.2) is 9.07 Å². The number of hydrogen-bond donors (Lipinski definition) is 1. The summed E-state index contributed by atoms with van der Waals surface area (Å²) in [5.41, 5.74) is 1.57. The van der Waals surface area contributed by atoms with Crippen LogP contribution < -0.4 is 5.32 Å². The van der Waals surface area contributed by atoms with Crippen molar-refractivity contribution >= 4 is 11.8 Å². The third-order valence-corrected chi connectivity index (χ3v) is 5.97. The van der Waals surface area contributed by atoms with Gasteiger partial charge in [0.15, 0.2) is 5.69 Å². The van der Waals surface area contributed by atoms with Gasteiger partial charge in [-0.1, -0.05) is 49.4 Å². The molecule has 2 heterocycles. The highest BCUT2D eigenvalue weighted by molar-refractivity contribution is 5.92. The van der Waals surface area contributed by atoms with Crippen molar-refractivity contribution in [3.63, 3.8) is 0 Å². The number of amides is 2. The van der Waals surface area contributed by atoms with Gasteiger partial charge in [-0.15, -0.1) is 0 Å². The molecule has 1 fully saturated rings. The van der Waals surface area contributed by atoms with Crippen LogP contribution in [0.4, 0.5) is 4.39 Å². The second kappa shape index (κ2) is 9.77. The van der Waals surface area contributed by atoms with E-state index in [2.05, 4.69) is 10.4 Å². The zero-order chi connectivity index (χ0) is 22.5. The lowest BCUT2D eigenvalue weighted by Crippen LogP contribution is -2.47. The van der Waals surface area contributed by atoms with Gasteiger partial charge in [0.2, 0.25) is 5.91 Å². The number of rotatable bonds is 6. The Balaban J connectivity index is 1.33. The molecule has 32 heavy (non-hydrogen) atoms. The molecule has 0 bridgehead atoms. The summed E-state index contributed by atoms with van der Waals surface area (Å²) < 4.78 is 15.3. The second-order valence-electron chi connectivity index (χ2n) is 8.04. The average Bonchev–Trinajstić information content (AvgIpc) is 3.31. The number of benzene rings is 2. The quantitative estimate of drug-likeness (QED) is 0.639. The molecule has 1 aromatic heterocycles. The third kappa shape index (κ3) is 4.72. The van der Waals surface area contributed by atoms with E-state index in [1.165, 1.54) is 10.7 Å². The second-order valence-corrected chi connectivity index (χ2v) is 8.04. The molecule has 6 nitrogen and oxygen atoms in total. The van der Waals surface area contributed by atoms with E-state index < -0.39 is 5.82 Å². The predicted molar refractivity (Wildman–Crippen MR) is 120 cm³/mol. The first kappa shape index (κ1) is 21.7. The van der Waals surface area contributed by atoms with Crippen molar-refractivity contribution in [3.05, 3.63) is 83.9 Å². The van der Waals surface area contributed by atoms with Crippen LogP contribution in [0, 0.1) is 5.82 Å².